The molecule has 0 radical (unpaired) electrons. The normalized spacial score (nSPS) is 15.9. The van der Waals surface area contributed by atoms with Gasteiger partial charge in [-0.3, -0.25) is 4.79 Å². The van der Waals surface area contributed by atoms with Crippen LogP contribution < -0.4 is 5.32 Å². The number of amides is 1. The molecule has 1 aliphatic carbocycles. The topological polar surface area (TPSA) is 88.8 Å². The molecule has 1 aromatic heterocycles. The lowest BCUT2D eigenvalue weighted by Crippen LogP contribution is -2.43. The molecule has 0 saturated heterocycles. The van der Waals surface area contributed by atoms with E-state index < -0.39 is 17.4 Å². The van der Waals surface area contributed by atoms with Crippen molar-refractivity contribution in [3.05, 3.63) is 35.6 Å². The number of methoxy groups -OCH3 is 1. The molecule has 0 unspecified atom stereocenters. The quantitative estimate of drug-likeness (QED) is 0.878. The first-order chi connectivity index (χ1) is 10.1. The third-order valence-corrected chi connectivity index (χ3v) is 3.71. The Morgan fingerprint density at radius 3 is 2.71 bits per heavy atom. The first-order valence-corrected chi connectivity index (χ1v) is 6.63. The highest BCUT2D eigenvalue weighted by Crippen LogP contribution is 2.36. The van der Waals surface area contributed by atoms with Crippen LogP contribution >= 0.6 is 0 Å². The summed E-state index contributed by atoms with van der Waals surface area (Å²) >= 11 is 0. The maximum atomic E-state index is 12.3. The average molecular weight is 289 g/mol. The number of benzene rings is 1. The van der Waals surface area contributed by atoms with Crippen molar-refractivity contribution in [2.45, 2.75) is 25.0 Å². The van der Waals surface area contributed by atoms with Crippen LogP contribution in [0.25, 0.3) is 11.0 Å². The number of ether oxygens (including phenoxy) is 1. The molecule has 21 heavy (non-hydrogen) atoms. The summed E-state index contributed by atoms with van der Waals surface area (Å²) in [6, 6.07) is 7.26. The molecule has 1 aliphatic rings. The van der Waals surface area contributed by atoms with Gasteiger partial charge in [-0.05, 0) is 18.9 Å². The number of carbonyl (C=O) groups is 2. The van der Waals surface area contributed by atoms with Gasteiger partial charge in [0.1, 0.15) is 11.1 Å². The lowest BCUT2D eigenvalue weighted by atomic mass is 10.1. The van der Waals surface area contributed by atoms with Gasteiger partial charge in [-0.1, -0.05) is 18.2 Å². The summed E-state index contributed by atoms with van der Waals surface area (Å²) in [5.41, 5.74) is 0.0714. The van der Waals surface area contributed by atoms with Crippen LogP contribution in [0.5, 0.6) is 0 Å². The van der Waals surface area contributed by atoms with Gasteiger partial charge < -0.3 is 19.6 Å². The van der Waals surface area contributed by atoms with E-state index in [9.17, 15) is 9.59 Å². The Bertz CT molecular complexity index is 714. The number of nitrogens with one attached hydrogen (secondary N) is 1. The molecule has 6 nitrogen and oxygen atoms in total. The van der Waals surface area contributed by atoms with Crippen LogP contribution in [0.2, 0.25) is 0 Å². The number of carboxylic acid groups (broad SMARTS) is 1. The number of hydrogen-bond donors (Lipinski definition) is 2. The summed E-state index contributed by atoms with van der Waals surface area (Å²) in [6.07, 6.45) is 0.877. The number of rotatable bonds is 5. The largest absolute Gasteiger partial charge is 0.480 e. The highest BCUT2D eigenvalue weighted by molar-refractivity contribution is 6.01. The molecule has 1 saturated carbocycles. The number of carboxylic acids is 1. The molecule has 0 spiro atoms. The molecule has 110 valence electrons. The molecule has 1 amide bonds. The molecular weight excluding hydrogens is 274 g/mol. The van der Waals surface area contributed by atoms with Gasteiger partial charge in [0.15, 0.2) is 5.76 Å². The van der Waals surface area contributed by atoms with Crippen LogP contribution in [0.3, 0.4) is 0 Å². The first-order valence-electron chi connectivity index (χ1n) is 6.63. The molecule has 2 aromatic rings. The standard InChI is InChI=1S/C15H15NO5/c1-20-8-10-9-4-2-3-5-11(9)21-12(10)13(17)16-15(6-7-15)14(18)19/h2-5H,6-8H2,1H3,(H,16,17)(H,18,19). The van der Waals surface area contributed by atoms with E-state index in [0.29, 0.717) is 24.0 Å². The molecular formula is C15H15NO5. The Morgan fingerprint density at radius 1 is 1.38 bits per heavy atom. The number of hydrogen-bond acceptors (Lipinski definition) is 4. The lowest BCUT2D eigenvalue weighted by Gasteiger charge is -2.11. The number of para-hydroxylation sites is 1. The van der Waals surface area contributed by atoms with Crippen LogP contribution in [-0.2, 0) is 16.1 Å². The zero-order valence-corrected chi connectivity index (χ0v) is 11.5. The maximum Gasteiger partial charge on any atom is 0.329 e. The monoisotopic (exact) mass is 289 g/mol. The minimum Gasteiger partial charge on any atom is -0.480 e. The Labute approximate surface area is 120 Å². The van der Waals surface area contributed by atoms with E-state index in [2.05, 4.69) is 5.32 Å². The highest BCUT2D eigenvalue weighted by Gasteiger charge is 2.52. The second-order valence-corrected chi connectivity index (χ2v) is 5.18. The summed E-state index contributed by atoms with van der Waals surface area (Å²) in [6.45, 7) is 0.222. The smallest absolute Gasteiger partial charge is 0.329 e. The zero-order valence-electron chi connectivity index (χ0n) is 11.5. The van der Waals surface area contributed by atoms with Crippen molar-refractivity contribution in [2.24, 2.45) is 0 Å². The third-order valence-electron chi connectivity index (χ3n) is 3.71. The zero-order chi connectivity index (χ0) is 15.0. The highest BCUT2D eigenvalue weighted by atomic mass is 16.5. The Morgan fingerprint density at radius 2 is 2.10 bits per heavy atom. The Balaban J connectivity index is 1.97. The predicted molar refractivity (Wildman–Crippen MR) is 74.0 cm³/mol. The number of aliphatic carboxylic acids is 1. The van der Waals surface area contributed by atoms with E-state index in [-0.39, 0.29) is 12.4 Å². The minimum atomic E-state index is -1.14. The van der Waals surface area contributed by atoms with Crippen LogP contribution in [0.4, 0.5) is 0 Å². The summed E-state index contributed by atoms with van der Waals surface area (Å²) in [5.74, 6) is -1.41. The molecule has 1 aromatic carbocycles. The fourth-order valence-electron chi connectivity index (χ4n) is 2.36. The van der Waals surface area contributed by atoms with Crippen LogP contribution in [0.1, 0.15) is 29.0 Å². The van der Waals surface area contributed by atoms with Crippen molar-refractivity contribution in [1.29, 1.82) is 0 Å². The average Bonchev–Trinajstić information content (AvgIpc) is 3.15. The second kappa shape index (κ2) is 4.89. The van der Waals surface area contributed by atoms with Crippen LogP contribution in [0, 0.1) is 0 Å². The summed E-state index contributed by atoms with van der Waals surface area (Å²) < 4.78 is 10.7. The maximum absolute atomic E-state index is 12.3. The summed E-state index contributed by atoms with van der Waals surface area (Å²) in [4.78, 5) is 23.5. The van der Waals surface area contributed by atoms with Crippen molar-refractivity contribution in [3.63, 3.8) is 0 Å². The fourth-order valence-corrected chi connectivity index (χ4v) is 2.36. The third kappa shape index (κ3) is 2.27. The Hall–Kier alpha value is -2.34. The van der Waals surface area contributed by atoms with E-state index in [1.165, 1.54) is 7.11 Å². The molecule has 3 rings (SSSR count). The molecule has 0 atom stereocenters. The fraction of sp³-hybridized carbons (Fsp3) is 0.333. The first kappa shape index (κ1) is 13.6. The van der Waals surface area contributed by atoms with E-state index in [0.717, 1.165) is 5.39 Å². The van der Waals surface area contributed by atoms with Gasteiger partial charge in [-0.2, -0.15) is 0 Å². The second-order valence-electron chi connectivity index (χ2n) is 5.18. The van der Waals surface area contributed by atoms with Crippen LogP contribution in [-0.4, -0.2) is 29.6 Å². The summed E-state index contributed by atoms with van der Waals surface area (Å²) in [7, 11) is 1.53. The van der Waals surface area contributed by atoms with Crippen molar-refractivity contribution in [3.8, 4) is 0 Å². The van der Waals surface area contributed by atoms with Gasteiger partial charge in [0.2, 0.25) is 0 Å². The van der Waals surface area contributed by atoms with Crippen molar-refractivity contribution in [1.82, 2.24) is 5.32 Å². The molecule has 1 fully saturated rings. The number of fused-ring (bicyclic) bond motifs is 1. The van der Waals surface area contributed by atoms with Gasteiger partial charge in [0, 0.05) is 18.1 Å². The number of carbonyl (C=O) groups excluding carboxylic acids is 1. The lowest BCUT2D eigenvalue weighted by molar-refractivity contribution is -0.140. The van der Waals surface area contributed by atoms with Crippen molar-refractivity contribution in [2.75, 3.05) is 7.11 Å². The van der Waals surface area contributed by atoms with Crippen LogP contribution in [0.15, 0.2) is 28.7 Å². The van der Waals surface area contributed by atoms with E-state index in [4.69, 9.17) is 14.3 Å². The summed E-state index contributed by atoms with van der Waals surface area (Å²) in [5, 5.41) is 12.5. The Kier molecular flexibility index (Phi) is 3.17. The van der Waals surface area contributed by atoms with Gasteiger partial charge in [-0.25, -0.2) is 4.79 Å². The molecule has 6 heteroatoms. The van der Waals surface area contributed by atoms with E-state index in [1.807, 2.05) is 18.2 Å². The molecule has 1 heterocycles. The van der Waals surface area contributed by atoms with E-state index in [1.54, 1.807) is 6.07 Å². The van der Waals surface area contributed by atoms with Gasteiger partial charge in [0.25, 0.3) is 5.91 Å². The van der Waals surface area contributed by atoms with E-state index >= 15 is 0 Å². The van der Waals surface area contributed by atoms with Crippen molar-refractivity contribution >= 4 is 22.8 Å². The molecule has 2 N–H and O–H groups in total. The SMILES string of the molecule is COCc1c(C(=O)NC2(C(=O)O)CC2)oc2ccccc12. The molecule has 0 aliphatic heterocycles. The number of furan rings is 1. The van der Waals surface area contributed by atoms with Gasteiger partial charge in [-0.15, -0.1) is 0 Å². The van der Waals surface area contributed by atoms with Gasteiger partial charge in [0.05, 0.1) is 6.61 Å². The van der Waals surface area contributed by atoms with Crippen molar-refractivity contribution < 1.29 is 23.8 Å². The minimum absolute atomic E-state index is 0.116. The molecule has 0 bridgehead atoms. The van der Waals surface area contributed by atoms with Gasteiger partial charge >= 0.3 is 5.97 Å². The predicted octanol–water partition coefficient (Wildman–Crippen LogP) is 1.93.